The minimum absolute atomic E-state index is 0.242. The van der Waals surface area contributed by atoms with Crippen LogP contribution in [0.1, 0.15) is 11.1 Å². The highest BCUT2D eigenvalue weighted by molar-refractivity contribution is 8.13. The van der Waals surface area contributed by atoms with Crippen LogP contribution in [0, 0.1) is 0 Å². The summed E-state index contributed by atoms with van der Waals surface area (Å²) in [4.78, 5) is 19.4. The van der Waals surface area contributed by atoms with Crippen LogP contribution in [0.2, 0.25) is 0 Å². The number of nitrogens with two attached hydrogens (primary N) is 1. The molecule has 3 rings (SSSR count). The molecule has 11 heteroatoms. The molecule has 0 aliphatic rings. The first-order valence-corrected chi connectivity index (χ1v) is 12.6. The van der Waals surface area contributed by atoms with Crippen molar-refractivity contribution in [2.24, 2.45) is 25.7 Å². The minimum atomic E-state index is -4.74. The Balaban J connectivity index is 1.56. The number of benzene rings is 3. The molecule has 0 aliphatic heterocycles. The first-order valence-electron chi connectivity index (χ1n) is 11.3. The summed E-state index contributed by atoms with van der Waals surface area (Å²) < 4.78 is 40.5. The van der Waals surface area contributed by atoms with Crippen LogP contribution in [0.25, 0.3) is 0 Å². The number of hydrogen-bond acceptors (Lipinski definition) is 6. The summed E-state index contributed by atoms with van der Waals surface area (Å²) in [6.45, 7) is 0.460. The van der Waals surface area contributed by atoms with Gasteiger partial charge in [-0.2, -0.15) is 0 Å². The summed E-state index contributed by atoms with van der Waals surface area (Å²) in [6, 6.07) is 20.5. The van der Waals surface area contributed by atoms with E-state index < -0.39 is 6.36 Å². The van der Waals surface area contributed by atoms with Crippen LogP contribution in [0.15, 0.2) is 92.8 Å². The molecule has 0 aromatic heterocycles. The van der Waals surface area contributed by atoms with E-state index in [1.54, 1.807) is 18.0 Å². The molecule has 0 radical (unpaired) electrons. The van der Waals surface area contributed by atoms with Crippen LogP contribution >= 0.6 is 11.8 Å². The second-order valence-corrected chi connectivity index (χ2v) is 8.89. The van der Waals surface area contributed by atoms with Gasteiger partial charge in [0.1, 0.15) is 17.9 Å². The summed E-state index contributed by atoms with van der Waals surface area (Å²) >= 11 is 1.56. The lowest BCUT2D eigenvalue weighted by molar-refractivity contribution is -0.274. The van der Waals surface area contributed by atoms with E-state index in [-0.39, 0.29) is 11.6 Å². The van der Waals surface area contributed by atoms with E-state index in [1.165, 1.54) is 30.6 Å². The molecular formula is C27H27F3N6OS. The second kappa shape index (κ2) is 13.4. The van der Waals surface area contributed by atoms with Gasteiger partial charge in [0.15, 0.2) is 0 Å². The van der Waals surface area contributed by atoms with Gasteiger partial charge in [0.2, 0.25) is 0 Å². The van der Waals surface area contributed by atoms with Crippen molar-refractivity contribution < 1.29 is 17.9 Å². The Labute approximate surface area is 223 Å². The van der Waals surface area contributed by atoms with E-state index in [0.29, 0.717) is 17.8 Å². The first kappa shape index (κ1) is 28.5. The number of thioether (sulfide) groups is 1. The number of hydrogen-bond donors (Lipinski definition) is 1. The fraction of sp³-hybridized carbons (Fsp3) is 0.185. The van der Waals surface area contributed by atoms with Gasteiger partial charge >= 0.3 is 6.36 Å². The molecule has 0 saturated heterocycles. The standard InChI is InChI=1S/C27H27F3N6OS/c1-36(2)23-12-8-22(9-13-23)35-25(38-3)17-32-16-19-4-6-20(7-5-19)26(31)34-18-33-21-10-14-24(15-11-21)37-27(28,29)30/h4-16,18H,17H2,1-3H3,(H2,31,33,34). The lowest BCUT2D eigenvalue weighted by atomic mass is 10.1. The maximum atomic E-state index is 12.2. The molecule has 2 N–H and O–H groups in total. The Hall–Kier alpha value is -4.12. The Morgan fingerprint density at radius 3 is 2.16 bits per heavy atom. The zero-order valence-corrected chi connectivity index (χ0v) is 21.9. The summed E-state index contributed by atoms with van der Waals surface area (Å²) in [5, 5.41) is 0.897. The molecule has 0 aliphatic carbocycles. The number of alkyl halides is 3. The van der Waals surface area contributed by atoms with E-state index in [9.17, 15) is 13.2 Å². The molecule has 0 heterocycles. The second-order valence-electron chi connectivity index (χ2n) is 8.01. The highest BCUT2D eigenvalue weighted by Crippen LogP contribution is 2.24. The number of anilines is 1. The number of halogens is 3. The minimum Gasteiger partial charge on any atom is -0.406 e. The van der Waals surface area contributed by atoms with E-state index in [4.69, 9.17) is 5.73 Å². The lowest BCUT2D eigenvalue weighted by Crippen LogP contribution is -2.16. The topological polar surface area (TPSA) is 87.9 Å². The molecule has 0 bridgehead atoms. The highest BCUT2D eigenvalue weighted by Gasteiger charge is 2.30. The summed E-state index contributed by atoms with van der Waals surface area (Å²) in [5.41, 5.74) is 10.0. The molecule has 3 aromatic carbocycles. The van der Waals surface area contributed by atoms with Crippen LogP contribution < -0.4 is 15.4 Å². The van der Waals surface area contributed by atoms with Crippen molar-refractivity contribution in [3.63, 3.8) is 0 Å². The maximum absolute atomic E-state index is 12.2. The van der Waals surface area contributed by atoms with Crippen molar-refractivity contribution in [2.75, 3.05) is 31.8 Å². The maximum Gasteiger partial charge on any atom is 0.573 e. The van der Waals surface area contributed by atoms with Gasteiger partial charge in [-0.1, -0.05) is 24.3 Å². The molecule has 0 fully saturated rings. The van der Waals surface area contributed by atoms with Crippen LogP contribution in [-0.2, 0) is 0 Å². The molecule has 198 valence electrons. The number of ether oxygens (including phenoxy) is 1. The van der Waals surface area contributed by atoms with Crippen molar-refractivity contribution in [3.05, 3.63) is 83.9 Å². The van der Waals surface area contributed by atoms with Crippen LogP contribution in [0.4, 0.5) is 30.2 Å². The number of amidine groups is 1. The molecule has 0 spiro atoms. The summed E-state index contributed by atoms with van der Waals surface area (Å²) in [5.74, 6) is -0.0821. The smallest absolute Gasteiger partial charge is 0.406 e. The predicted molar refractivity (Wildman–Crippen MR) is 152 cm³/mol. The Kier molecular flexibility index (Phi) is 10.1. The molecule has 3 aromatic rings. The normalized spacial score (nSPS) is 12.9. The van der Waals surface area contributed by atoms with Crippen LogP contribution in [0.3, 0.4) is 0 Å². The van der Waals surface area contributed by atoms with Gasteiger partial charge in [-0.25, -0.2) is 15.0 Å². The van der Waals surface area contributed by atoms with Gasteiger partial charge in [0.05, 0.1) is 23.0 Å². The molecule has 38 heavy (non-hydrogen) atoms. The zero-order chi connectivity index (χ0) is 27.5. The molecule has 0 atom stereocenters. The monoisotopic (exact) mass is 540 g/mol. The van der Waals surface area contributed by atoms with E-state index >= 15 is 0 Å². The summed E-state index contributed by atoms with van der Waals surface area (Å²) in [6.07, 6.45) is 0.239. The third-order valence-corrected chi connectivity index (χ3v) is 5.69. The van der Waals surface area contributed by atoms with E-state index in [0.717, 1.165) is 22.0 Å². The average molecular weight is 541 g/mol. The fourth-order valence-electron chi connectivity index (χ4n) is 3.05. The number of nitrogens with zero attached hydrogens (tertiary/aromatic N) is 5. The average Bonchev–Trinajstić information content (AvgIpc) is 2.89. The third kappa shape index (κ3) is 9.40. The van der Waals surface area contributed by atoms with E-state index in [2.05, 4.69) is 24.7 Å². The first-order chi connectivity index (χ1) is 18.1. The van der Waals surface area contributed by atoms with Crippen molar-refractivity contribution in [1.29, 1.82) is 0 Å². The largest absolute Gasteiger partial charge is 0.573 e. The zero-order valence-electron chi connectivity index (χ0n) is 21.1. The third-order valence-electron chi connectivity index (χ3n) is 5.00. The molecule has 0 saturated carbocycles. The Morgan fingerprint density at radius 2 is 1.58 bits per heavy atom. The molecule has 7 nitrogen and oxygen atoms in total. The summed E-state index contributed by atoms with van der Waals surface area (Å²) in [7, 11) is 3.99. The van der Waals surface area contributed by atoms with Gasteiger partial charge in [-0.15, -0.1) is 24.9 Å². The van der Waals surface area contributed by atoms with Crippen molar-refractivity contribution in [1.82, 2.24) is 0 Å². The predicted octanol–water partition coefficient (Wildman–Crippen LogP) is 6.23. The van der Waals surface area contributed by atoms with Crippen molar-refractivity contribution >= 4 is 52.3 Å². The SMILES string of the molecule is CSC(CN=Cc1ccc(C(N)=NC=Nc2ccc(OC(F)(F)F)cc2)cc1)=Nc1ccc(N(C)C)cc1. The lowest BCUT2D eigenvalue weighted by Gasteiger charge is -2.11. The van der Waals surface area contributed by atoms with Gasteiger partial charge < -0.3 is 15.4 Å². The van der Waals surface area contributed by atoms with Crippen molar-refractivity contribution in [2.45, 2.75) is 6.36 Å². The van der Waals surface area contributed by atoms with Gasteiger partial charge in [-0.3, -0.25) is 4.99 Å². The molecule has 0 unspecified atom stereocenters. The Bertz CT molecular complexity index is 1300. The van der Waals surface area contributed by atoms with Crippen molar-refractivity contribution in [3.8, 4) is 5.75 Å². The molecular weight excluding hydrogens is 513 g/mol. The quantitative estimate of drug-likeness (QED) is 0.258. The van der Waals surface area contributed by atoms with Crippen LogP contribution in [0.5, 0.6) is 5.75 Å². The fourth-order valence-corrected chi connectivity index (χ4v) is 3.45. The van der Waals surface area contributed by atoms with Gasteiger partial charge in [0.25, 0.3) is 0 Å². The molecule has 0 amide bonds. The number of rotatable bonds is 9. The number of aliphatic imine (C=N–C) groups is 4. The van der Waals surface area contributed by atoms with Gasteiger partial charge in [0, 0.05) is 31.6 Å². The van der Waals surface area contributed by atoms with Gasteiger partial charge in [-0.05, 0) is 60.4 Å². The van der Waals surface area contributed by atoms with E-state index in [1.807, 2.05) is 73.8 Å². The van der Waals surface area contributed by atoms with Crippen LogP contribution in [-0.4, -0.2) is 56.7 Å². The Morgan fingerprint density at radius 1 is 0.947 bits per heavy atom. The highest BCUT2D eigenvalue weighted by atomic mass is 32.2.